The Hall–Kier alpha value is -0.220. The lowest BCUT2D eigenvalue weighted by atomic mass is 10.1. The van der Waals surface area contributed by atoms with Crippen LogP contribution in [-0.2, 0) is 4.79 Å². The van der Waals surface area contributed by atoms with Gasteiger partial charge in [0.1, 0.15) is 0 Å². The minimum atomic E-state index is -0.233. The third-order valence-corrected chi connectivity index (χ3v) is 2.97. The summed E-state index contributed by atoms with van der Waals surface area (Å²) in [5, 5.41) is 3.28. The van der Waals surface area contributed by atoms with Crippen LogP contribution in [0.3, 0.4) is 0 Å². The fourth-order valence-corrected chi connectivity index (χ4v) is 1.54. The van der Waals surface area contributed by atoms with Gasteiger partial charge in [-0.2, -0.15) is 11.8 Å². The fourth-order valence-electron chi connectivity index (χ4n) is 0.832. The zero-order chi connectivity index (χ0) is 10.3. The third-order valence-electron chi connectivity index (χ3n) is 1.83. The Bertz CT molecular complexity index is 153. The molecule has 0 saturated carbocycles. The monoisotopic (exact) mass is 204 g/mol. The van der Waals surface area contributed by atoms with Crippen molar-refractivity contribution >= 4 is 17.7 Å². The van der Waals surface area contributed by atoms with Gasteiger partial charge in [0.2, 0.25) is 5.91 Å². The number of hydrogen-bond acceptors (Lipinski definition) is 3. The first-order chi connectivity index (χ1) is 6.07. The number of carbonyl (C=O) groups excluding carboxylic acids is 1. The minimum absolute atomic E-state index is 0.0749. The highest BCUT2D eigenvalue weighted by molar-refractivity contribution is 7.99. The first-order valence-electron chi connectivity index (χ1n) is 4.68. The number of hydrogen-bond donors (Lipinski definition) is 2. The smallest absolute Gasteiger partial charge is 0.221 e. The lowest BCUT2D eigenvalue weighted by Crippen LogP contribution is -2.36. The van der Waals surface area contributed by atoms with Gasteiger partial charge in [0.05, 0.1) is 0 Å². The van der Waals surface area contributed by atoms with Gasteiger partial charge < -0.3 is 11.1 Å². The summed E-state index contributed by atoms with van der Waals surface area (Å²) in [6.45, 7) is 6.79. The van der Waals surface area contributed by atoms with Gasteiger partial charge in [0.15, 0.2) is 0 Å². The van der Waals surface area contributed by atoms with E-state index in [-0.39, 0.29) is 11.8 Å². The van der Waals surface area contributed by atoms with Crippen molar-refractivity contribution in [2.24, 2.45) is 11.7 Å². The normalized spacial score (nSPS) is 15.3. The van der Waals surface area contributed by atoms with Gasteiger partial charge in [-0.05, 0) is 12.7 Å². The van der Waals surface area contributed by atoms with Crippen LogP contribution in [0.5, 0.6) is 0 Å². The molecule has 0 aliphatic rings. The van der Waals surface area contributed by atoms with Gasteiger partial charge in [-0.3, -0.25) is 4.79 Å². The van der Waals surface area contributed by atoms with Crippen molar-refractivity contribution in [2.45, 2.75) is 26.8 Å². The summed E-state index contributed by atoms with van der Waals surface area (Å²) < 4.78 is 0. The molecular formula is C9H20N2OS. The number of thioether (sulfide) groups is 1. The number of amides is 1. The molecule has 1 amide bonds. The Balaban J connectivity index is 3.45. The summed E-state index contributed by atoms with van der Waals surface area (Å²) in [5.74, 6) is 1.91. The van der Waals surface area contributed by atoms with Gasteiger partial charge in [0, 0.05) is 24.3 Å². The molecule has 13 heavy (non-hydrogen) atoms. The Morgan fingerprint density at radius 3 is 2.62 bits per heavy atom. The molecule has 2 unspecified atom stereocenters. The molecular weight excluding hydrogens is 184 g/mol. The largest absolute Gasteiger partial charge is 0.369 e. The molecule has 0 rings (SSSR count). The third kappa shape index (κ3) is 6.90. The lowest BCUT2D eigenvalue weighted by molar-refractivity contribution is -0.121. The number of carbonyl (C=O) groups is 1. The average molecular weight is 204 g/mol. The second-order valence-corrected chi connectivity index (χ2v) is 4.59. The highest BCUT2D eigenvalue weighted by Crippen LogP contribution is 2.01. The van der Waals surface area contributed by atoms with Crippen LogP contribution in [0.25, 0.3) is 0 Å². The lowest BCUT2D eigenvalue weighted by Gasteiger charge is -2.15. The molecule has 0 aliphatic carbocycles. The van der Waals surface area contributed by atoms with Crippen molar-refractivity contribution in [3.8, 4) is 0 Å². The predicted octanol–water partition coefficient (Wildman–Crippen LogP) is 0.839. The fraction of sp³-hybridized carbons (Fsp3) is 0.889. The highest BCUT2D eigenvalue weighted by Gasteiger charge is 2.09. The predicted molar refractivity (Wildman–Crippen MR) is 58.8 cm³/mol. The molecule has 0 aromatic rings. The summed E-state index contributed by atoms with van der Waals surface area (Å²) in [6.07, 6.45) is 0. The number of nitrogens with one attached hydrogen (secondary N) is 1. The molecule has 3 nitrogen and oxygen atoms in total. The summed E-state index contributed by atoms with van der Waals surface area (Å²) in [4.78, 5) is 10.7. The van der Waals surface area contributed by atoms with Crippen LogP contribution >= 0.6 is 11.8 Å². The van der Waals surface area contributed by atoms with Crippen molar-refractivity contribution in [3.05, 3.63) is 0 Å². The molecule has 78 valence electrons. The summed E-state index contributed by atoms with van der Waals surface area (Å²) in [7, 11) is 0. The molecule has 4 heteroatoms. The van der Waals surface area contributed by atoms with Crippen LogP contribution in [0.4, 0.5) is 0 Å². The van der Waals surface area contributed by atoms with Gasteiger partial charge in [-0.1, -0.05) is 13.8 Å². The summed E-state index contributed by atoms with van der Waals surface area (Å²) in [6, 6.07) is 0.451. The van der Waals surface area contributed by atoms with Crippen molar-refractivity contribution in [1.29, 1.82) is 0 Å². The van der Waals surface area contributed by atoms with E-state index in [1.54, 1.807) is 0 Å². The van der Waals surface area contributed by atoms with Gasteiger partial charge in [-0.15, -0.1) is 0 Å². The zero-order valence-corrected chi connectivity index (χ0v) is 9.49. The molecule has 0 heterocycles. The molecule has 3 N–H and O–H groups in total. The number of primary amides is 1. The summed E-state index contributed by atoms with van der Waals surface area (Å²) >= 11 is 1.90. The Morgan fingerprint density at radius 1 is 1.54 bits per heavy atom. The van der Waals surface area contributed by atoms with E-state index in [4.69, 9.17) is 5.73 Å². The van der Waals surface area contributed by atoms with Gasteiger partial charge in [0.25, 0.3) is 0 Å². The van der Waals surface area contributed by atoms with Crippen LogP contribution < -0.4 is 11.1 Å². The SMILES string of the molecule is CCSCC(C)NCC(C)C(N)=O. The Labute approximate surface area is 84.8 Å². The molecule has 0 saturated heterocycles. The molecule has 0 radical (unpaired) electrons. The molecule has 0 aromatic carbocycles. The Morgan fingerprint density at radius 2 is 2.15 bits per heavy atom. The van der Waals surface area contributed by atoms with Gasteiger partial charge in [-0.25, -0.2) is 0 Å². The second-order valence-electron chi connectivity index (χ2n) is 3.27. The van der Waals surface area contributed by atoms with Crippen molar-refractivity contribution in [2.75, 3.05) is 18.1 Å². The molecule has 0 spiro atoms. The van der Waals surface area contributed by atoms with E-state index in [1.807, 2.05) is 18.7 Å². The van der Waals surface area contributed by atoms with Crippen LogP contribution in [0.2, 0.25) is 0 Å². The quantitative estimate of drug-likeness (QED) is 0.646. The van der Waals surface area contributed by atoms with E-state index in [1.165, 1.54) is 0 Å². The van der Waals surface area contributed by atoms with E-state index >= 15 is 0 Å². The second kappa shape index (κ2) is 7.21. The van der Waals surface area contributed by atoms with Crippen molar-refractivity contribution in [3.63, 3.8) is 0 Å². The molecule has 0 fully saturated rings. The van der Waals surface area contributed by atoms with Crippen molar-refractivity contribution < 1.29 is 4.79 Å². The van der Waals surface area contributed by atoms with E-state index in [9.17, 15) is 4.79 Å². The average Bonchev–Trinajstić information content (AvgIpc) is 2.10. The number of nitrogens with two attached hydrogens (primary N) is 1. The summed E-state index contributed by atoms with van der Waals surface area (Å²) in [5.41, 5.74) is 5.14. The maximum atomic E-state index is 10.7. The van der Waals surface area contributed by atoms with E-state index in [0.29, 0.717) is 12.6 Å². The van der Waals surface area contributed by atoms with E-state index < -0.39 is 0 Å². The maximum absolute atomic E-state index is 10.7. The zero-order valence-electron chi connectivity index (χ0n) is 8.67. The van der Waals surface area contributed by atoms with Crippen LogP contribution in [-0.4, -0.2) is 30.0 Å². The van der Waals surface area contributed by atoms with Crippen molar-refractivity contribution in [1.82, 2.24) is 5.32 Å². The van der Waals surface area contributed by atoms with E-state index in [0.717, 1.165) is 11.5 Å². The van der Waals surface area contributed by atoms with Crippen LogP contribution in [0.1, 0.15) is 20.8 Å². The molecule has 0 aromatic heterocycles. The standard InChI is InChI=1S/C9H20N2OS/c1-4-13-6-8(3)11-5-7(2)9(10)12/h7-8,11H,4-6H2,1-3H3,(H2,10,12). The van der Waals surface area contributed by atoms with Gasteiger partial charge >= 0.3 is 0 Å². The molecule has 2 atom stereocenters. The minimum Gasteiger partial charge on any atom is -0.369 e. The molecule has 0 aliphatic heterocycles. The first-order valence-corrected chi connectivity index (χ1v) is 5.83. The topological polar surface area (TPSA) is 55.1 Å². The van der Waals surface area contributed by atoms with E-state index in [2.05, 4.69) is 19.2 Å². The van der Waals surface area contributed by atoms with Crippen LogP contribution in [0.15, 0.2) is 0 Å². The number of rotatable bonds is 7. The maximum Gasteiger partial charge on any atom is 0.221 e. The Kier molecular flexibility index (Phi) is 7.09. The highest BCUT2D eigenvalue weighted by atomic mass is 32.2. The van der Waals surface area contributed by atoms with Crippen LogP contribution in [0, 0.1) is 5.92 Å². The first kappa shape index (κ1) is 12.8. The molecule has 0 bridgehead atoms.